The predicted molar refractivity (Wildman–Crippen MR) is 124 cm³/mol. The normalized spacial score (nSPS) is 16.8. The van der Waals surface area contributed by atoms with Gasteiger partial charge in [-0.3, -0.25) is 0 Å². The van der Waals surface area contributed by atoms with Crippen molar-refractivity contribution in [3.63, 3.8) is 0 Å². The fraction of sp³-hybridized carbons (Fsp3) is 0.625. The Morgan fingerprint density at radius 1 is 1.29 bits per heavy atom. The van der Waals surface area contributed by atoms with Crippen LogP contribution in [0.2, 0.25) is 0 Å². The van der Waals surface area contributed by atoms with Gasteiger partial charge in [0, 0.05) is 30.1 Å². The van der Waals surface area contributed by atoms with E-state index in [0.29, 0.717) is 26.1 Å². The summed E-state index contributed by atoms with van der Waals surface area (Å²) < 4.78 is 22.9. The number of nitrogens with zero attached hydrogens (tertiary/aromatic N) is 1. The molecule has 0 N–H and O–H groups in total. The maximum atomic E-state index is 12.4. The largest absolute Gasteiger partial charge is 0.468 e. The van der Waals surface area contributed by atoms with E-state index in [1.54, 1.807) is 12.0 Å². The molecule has 1 fully saturated rings. The second-order valence-corrected chi connectivity index (χ2v) is 9.47. The standard InChI is InChI=1S/C24H34BrNO5/c1-18-14-20(30-17-28-5)15-22(25)21(18)11-7-9-13-29-19-10-6-8-12-26(16-19)23(27)31-24(2,3)4/h14-15,19H,6,8-10,12-13,16-17H2,1-5H3/t19-/m1/s1. The van der Waals surface area contributed by atoms with E-state index in [1.807, 2.05) is 39.8 Å². The van der Waals surface area contributed by atoms with Crippen LogP contribution in [0.15, 0.2) is 16.6 Å². The molecule has 0 radical (unpaired) electrons. The quantitative estimate of drug-likeness (QED) is 0.305. The van der Waals surface area contributed by atoms with Crippen LogP contribution in [0, 0.1) is 18.8 Å². The molecule has 1 aromatic carbocycles. The number of carbonyl (C=O) groups excluding carboxylic acids is 1. The van der Waals surface area contributed by atoms with Crippen molar-refractivity contribution >= 4 is 22.0 Å². The van der Waals surface area contributed by atoms with Gasteiger partial charge >= 0.3 is 6.09 Å². The molecular formula is C24H34BrNO5. The van der Waals surface area contributed by atoms with Crippen LogP contribution in [0.1, 0.15) is 57.6 Å². The van der Waals surface area contributed by atoms with E-state index < -0.39 is 5.60 Å². The smallest absolute Gasteiger partial charge is 0.410 e. The Bertz CT molecular complexity index is 770. The van der Waals surface area contributed by atoms with E-state index >= 15 is 0 Å². The van der Waals surface area contributed by atoms with Gasteiger partial charge in [0.25, 0.3) is 0 Å². The Morgan fingerprint density at radius 3 is 2.74 bits per heavy atom. The fourth-order valence-electron chi connectivity index (χ4n) is 3.24. The van der Waals surface area contributed by atoms with Gasteiger partial charge in [-0.15, -0.1) is 0 Å². The van der Waals surface area contributed by atoms with E-state index in [9.17, 15) is 4.79 Å². The van der Waals surface area contributed by atoms with Gasteiger partial charge in [-0.25, -0.2) is 4.79 Å². The number of carbonyl (C=O) groups is 1. The third-order valence-electron chi connectivity index (χ3n) is 4.68. The summed E-state index contributed by atoms with van der Waals surface area (Å²) in [6.45, 7) is 9.68. The fourth-order valence-corrected chi connectivity index (χ4v) is 3.88. The van der Waals surface area contributed by atoms with Crippen LogP contribution in [0.5, 0.6) is 5.75 Å². The first kappa shape index (κ1) is 25.5. The van der Waals surface area contributed by atoms with Gasteiger partial charge in [0.15, 0.2) is 6.79 Å². The van der Waals surface area contributed by atoms with Gasteiger partial charge in [-0.2, -0.15) is 0 Å². The Morgan fingerprint density at radius 2 is 2.06 bits per heavy atom. The van der Waals surface area contributed by atoms with Crippen LogP contribution in [0.4, 0.5) is 4.79 Å². The lowest BCUT2D eigenvalue weighted by Gasteiger charge is -2.28. The average Bonchev–Trinajstić information content (AvgIpc) is 2.92. The van der Waals surface area contributed by atoms with E-state index in [0.717, 1.165) is 40.6 Å². The number of hydrogen-bond acceptors (Lipinski definition) is 5. The number of benzene rings is 1. The molecule has 31 heavy (non-hydrogen) atoms. The molecule has 1 saturated heterocycles. The first-order valence-electron chi connectivity index (χ1n) is 10.7. The molecule has 7 heteroatoms. The van der Waals surface area contributed by atoms with Crippen LogP contribution in [-0.2, 0) is 14.2 Å². The molecule has 1 heterocycles. The number of aryl methyl sites for hydroxylation is 1. The molecule has 2 rings (SSSR count). The number of hydrogen-bond donors (Lipinski definition) is 0. The predicted octanol–water partition coefficient (Wildman–Crippen LogP) is 5.29. The lowest BCUT2D eigenvalue weighted by molar-refractivity contribution is 0.00236. The van der Waals surface area contributed by atoms with Gasteiger partial charge in [0.1, 0.15) is 11.4 Å². The minimum absolute atomic E-state index is 0.0162. The molecular weight excluding hydrogens is 462 g/mol. The molecule has 1 aromatic rings. The summed E-state index contributed by atoms with van der Waals surface area (Å²) in [5.41, 5.74) is 1.48. The Balaban J connectivity index is 1.86. The summed E-state index contributed by atoms with van der Waals surface area (Å²) in [7, 11) is 1.59. The number of amides is 1. The summed E-state index contributed by atoms with van der Waals surface area (Å²) in [6.07, 6.45) is 3.33. The molecule has 0 unspecified atom stereocenters. The molecule has 0 bridgehead atoms. The van der Waals surface area contributed by atoms with Gasteiger partial charge < -0.3 is 23.8 Å². The van der Waals surface area contributed by atoms with Crippen LogP contribution in [0.3, 0.4) is 0 Å². The third-order valence-corrected chi connectivity index (χ3v) is 5.30. The van der Waals surface area contributed by atoms with Crippen molar-refractivity contribution in [1.82, 2.24) is 4.90 Å². The monoisotopic (exact) mass is 495 g/mol. The molecule has 172 valence electrons. The van der Waals surface area contributed by atoms with Crippen molar-refractivity contribution in [2.24, 2.45) is 0 Å². The zero-order chi connectivity index (χ0) is 22.9. The van der Waals surface area contributed by atoms with Crippen LogP contribution < -0.4 is 4.74 Å². The Kier molecular flexibility index (Phi) is 10.1. The summed E-state index contributed by atoms with van der Waals surface area (Å²) in [4.78, 5) is 14.2. The number of rotatable bonds is 6. The summed E-state index contributed by atoms with van der Waals surface area (Å²) in [6, 6.07) is 3.84. The molecule has 0 aromatic heterocycles. The van der Waals surface area contributed by atoms with Crippen LogP contribution in [0.25, 0.3) is 0 Å². The minimum Gasteiger partial charge on any atom is -0.468 e. The SMILES string of the molecule is COCOc1cc(C)c(C#CCCO[C@@H]2CCCCN(C(=O)OC(C)(C)C)C2)c(Br)c1. The van der Waals surface area contributed by atoms with Crippen molar-refractivity contribution in [2.45, 2.75) is 65.1 Å². The Labute approximate surface area is 194 Å². The molecule has 0 spiro atoms. The topological polar surface area (TPSA) is 57.2 Å². The van der Waals surface area contributed by atoms with Gasteiger partial charge in [0.2, 0.25) is 0 Å². The first-order valence-corrected chi connectivity index (χ1v) is 11.5. The highest BCUT2D eigenvalue weighted by Crippen LogP contribution is 2.26. The molecule has 1 aliphatic heterocycles. The van der Waals surface area contributed by atoms with Gasteiger partial charge in [-0.1, -0.05) is 11.8 Å². The summed E-state index contributed by atoms with van der Waals surface area (Å²) in [5, 5.41) is 0. The molecule has 0 aliphatic carbocycles. The van der Waals surface area contributed by atoms with E-state index in [-0.39, 0.29) is 19.0 Å². The van der Waals surface area contributed by atoms with Crippen LogP contribution in [-0.4, -0.2) is 56.3 Å². The van der Waals surface area contributed by atoms with Crippen molar-refractivity contribution < 1.29 is 23.7 Å². The second-order valence-electron chi connectivity index (χ2n) is 8.61. The van der Waals surface area contributed by atoms with Crippen molar-refractivity contribution in [1.29, 1.82) is 0 Å². The molecule has 1 amide bonds. The summed E-state index contributed by atoms with van der Waals surface area (Å²) in [5.74, 6) is 7.15. The highest BCUT2D eigenvalue weighted by molar-refractivity contribution is 9.10. The lowest BCUT2D eigenvalue weighted by atomic mass is 10.1. The van der Waals surface area contributed by atoms with Crippen LogP contribution >= 0.6 is 15.9 Å². The number of ether oxygens (including phenoxy) is 4. The van der Waals surface area contributed by atoms with E-state index in [1.165, 1.54) is 0 Å². The zero-order valence-electron chi connectivity index (χ0n) is 19.3. The highest BCUT2D eigenvalue weighted by Gasteiger charge is 2.26. The zero-order valence-corrected chi connectivity index (χ0v) is 20.8. The molecule has 1 aliphatic rings. The molecule has 0 saturated carbocycles. The second kappa shape index (κ2) is 12.3. The number of methoxy groups -OCH3 is 1. The minimum atomic E-state index is -0.490. The molecule has 6 nitrogen and oxygen atoms in total. The number of likely N-dealkylation sites (tertiary alicyclic amines) is 1. The Hall–Kier alpha value is -1.75. The third kappa shape index (κ3) is 9.10. The maximum Gasteiger partial charge on any atom is 0.410 e. The summed E-state index contributed by atoms with van der Waals surface area (Å²) >= 11 is 3.57. The average molecular weight is 496 g/mol. The van der Waals surface area contributed by atoms with Gasteiger partial charge in [-0.05, 0) is 80.6 Å². The van der Waals surface area contributed by atoms with Crippen molar-refractivity contribution in [3.05, 3.63) is 27.7 Å². The lowest BCUT2D eigenvalue weighted by Crippen LogP contribution is -2.41. The van der Waals surface area contributed by atoms with Gasteiger partial charge in [0.05, 0.1) is 19.3 Å². The maximum absolute atomic E-state index is 12.4. The van der Waals surface area contributed by atoms with E-state index in [2.05, 4.69) is 27.8 Å². The van der Waals surface area contributed by atoms with E-state index in [4.69, 9.17) is 18.9 Å². The number of halogens is 1. The molecule has 1 atom stereocenters. The highest BCUT2D eigenvalue weighted by atomic mass is 79.9. The van der Waals surface area contributed by atoms with Crippen molar-refractivity contribution in [2.75, 3.05) is 33.6 Å². The van der Waals surface area contributed by atoms with Crippen molar-refractivity contribution in [3.8, 4) is 17.6 Å². The first-order chi connectivity index (χ1) is 14.7.